The second-order valence-corrected chi connectivity index (χ2v) is 5.62. The molecule has 0 saturated heterocycles. The molecule has 1 nitrogen and oxygen atoms in total. The van der Waals surface area contributed by atoms with Gasteiger partial charge in [0.2, 0.25) is 0 Å². The van der Waals surface area contributed by atoms with E-state index in [0.29, 0.717) is 11.3 Å². The topological polar surface area (TPSA) is 12.0 Å². The zero-order valence-corrected chi connectivity index (χ0v) is 10.5. The molecule has 0 radical (unpaired) electrons. The Balaban J connectivity index is 2.36. The van der Waals surface area contributed by atoms with Crippen molar-refractivity contribution in [3.05, 3.63) is 34.9 Å². The summed E-state index contributed by atoms with van der Waals surface area (Å²) >= 11 is 2.05. The third-order valence-electron chi connectivity index (χ3n) is 3.03. The van der Waals surface area contributed by atoms with E-state index < -0.39 is 0 Å². The van der Waals surface area contributed by atoms with E-state index >= 15 is 0 Å². The van der Waals surface area contributed by atoms with E-state index in [1.807, 2.05) is 0 Å². The Labute approximate surface area is 96.7 Å². The van der Waals surface area contributed by atoms with Gasteiger partial charge in [0.25, 0.3) is 0 Å². The standard InChI is InChI=1S/C13H19NS/c1-4-14-13-10(3)15-8-11-6-5-9(2)7-12(11)13/h5-7,10,13-14H,4,8H2,1-3H3. The highest BCUT2D eigenvalue weighted by atomic mass is 32.2. The van der Waals surface area contributed by atoms with Crippen LogP contribution in [0.2, 0.25) is 0 Å². The number of aryl methyl sites for hydroxylation is 1. The van der Waals surface area contributed by atoms with Crippen molar-refractivity contribution >= 4 is 11.8 Å². The van der Waals surface area contributed by atoms with Crippen molar-refractivity contribution in [3.8, 4) is 0 Å². The zero-order valence-electron chi connectivity index (χ0n) is 9.71. The molecule has 2 unspecified atom stereocenters. The molecule has 1 aliphatic heterocycles. The van der Waals surface area contributed by atoms with Crippen LogP contribution in [0.3, 0.4) is 0 Å². The maximum Gasteiger partial charge on any atom is 0.0441 e. The lowest BCUT2D eigenvalue weighted by molar-refractivity contribution is 0.539. The Bertz CT molecular complexity index is 348. The second-order valence-electron chi connectivity index (χ2n) is 4.25. The number of fused-ring (bicyclic) bond motifs is 1. The van der Waals surface area contributed by atoms with Gasteiger partial charge in [0.15, 0.2) is 0 Å². The summed E-state index contributed by atoms with van der Waals surface area (Å²) in [7, 11) is 0. The monoisotopic (exact) mass is 221 g/mol. The quantitative estimate of drug-likeness (QED) is 0.822. The van der Waals surface area contributed by atoms with Crippen LogP contribution in [0.4, 0.5) is 0 Å². The molecule has 0 saturated carbocycles. The van der Waals surface area contributed by atoms with Gasteiger partial charge in [0.05, 0.1) is 0 Å². The van der Waals surface area contributed by atoms with E-state index in [9.17, 15) is 0 Å². The van der Waals surface area contributed by atoms with E-state index in [1.165, 1.54) is 22.4 Å². The van der Waals surface area contributed by atoms with Crippen molar-refractivity contribution in [3.63, 3.8) is 0 Å². The maximum atomic E-state index is 3.60. The molecule has 0 aromatic heterocycles. The number of hydrogen-bond donors (Lipinski definition) is 1. The molecule has 0 amide bonds. The van der Waals surface area contributed by atoms with Gasteiger partial charge in [0.1, 0.15) is 0 Å². The molecule has 1 aromatic rings. The van der Waals surface area contributed by atoms with E-state index in [-0.39, 0.29) is 0 Å². The average molecular weight is 221 g/mol. The molecule has 1 N–H and O–H groups in total. The highest BCUT2D eigenvalue weighted by Crippen LogP contribution is 2.37. The average Bonchev–Trinajstić information content (AvgIpc) is 2.23. The van der Waals surface area contributed by atoms with Crippen LogP contribution < -0.4 is 5.32 Å². The van der Waals surface area contributed by atoms with Crippen molar-refractivity contribution in [1.29, 1.82) is 0 Å². The molecule has 82 valence electrons. The summed E-state index contributed by atoms with van der Waals surface area (Å²) in [6.07, 6.45) is 0. The molecule has 15 heavy (non-hydrogen) atoms. The van der Waals surface area contributed by atoms with E-state index in [0.717, 1.165) is 6.54 Å². The summed E-state index contributed by atoms with van der Waals surface area (Å²) in [5.41, 5.74) is 4.40. The summed E-state index contributed by atoms with van der Waals surface area (Å²) in [5.74, 6) is 1.17. The van der Waals surface area contributed by atoms with Crippen LogP contribution in [0, 0.1) is 6.92 Å². The van der Waals surface area contributed by atoms with Crippen LogP contribution in [-0.2, 0) is 5.75 Å². The molecular weight excluding hydrogens is 202 g/mol. The molecule has 1 aromatic carbocycles. The lowest BCUT2D eigenvalue weighted by atomic mass is 9.96. The van der Waals surface area contributed by atoms with Gasteiger partial charge in [-0.1, -0.05) is 37.6 Å². The minimum atomic E-state index is 0.531. The molecule has 1 aliphatic rings. The summed E-state index contributed by atoms with van der Waals surface area (Å²) in [6, 6.07) is 7.38. The van der Waals surface area contributed by atoms with Gasteiger partial charge in [-0.05, 0) is 24.6 Å². The first-order chi connectivity index (χ1) is 7.22. The molecular formula is C13H19NS. The fraction of sp³-hybridized carbons (Fsp3) is 0.538. The number of thioether (sulfide) groups is 1. The minimum Gasteiger partial charge on any atom is -0.309 e. The molecule has 0 bridgehead atoms. The van der Waals surface area contributed by atoms with Gasteiger partial charge >= 0.3 is 0 Å². The minimum absolute atomic E-state index is 0.531. The predicted molar refractivity (Wildman–Crippen MR) is 68.4 cm³/mol. The fourth-order valence-electron chi connectivity index (χ4n) is 2.20. The predicted octanol–water partition coefficient (Wildman–Crippen LogP) is 3.28. The lowest BCUT2D eigenvalue weighted by Crippen LogP contribution is -2.31. The molecule has 2 rings (SSSR count). The summed E-state index contributed by atoms with van der Waals surface area (Å²) in [5, 5.41) is 4.28. The summed E-state index contributed by atoms with van der Waals surface area (Å²) in [6.45, 7) is 7.73. The first-order valence-corrected chi connectivity index (χ1v) is 6.71. The largest absolute Gasteiger partial charge is 0.309 e. The first kappa shape index (κ1) is 11.0. The van der Waals surface area contributed by atoms with Crippen molar-refractivity contribution in [2.24, 2.45) is 0 Å². The van der Waals surface area contributed by atoms with Crippen LogP contribution in [0.15, 0.2) is 18.2 Å². The van der Waals surface area contributed by atoms with Gasteiger partial charge in [-0.3, -0.25) is 0 Å². The molecule has 2 heteroatoms. The number of benzene rings is 1. The van der Waals surface area contributed by atoms with Crippen molar-refractivity contribution in [2.45, 2.75) is 37.8 Å². The third kappa shape index (κ3) is 2.21. The van der Waals surface area contributed by atoms with E-state index in [1.54, 1.807) is 0 Å². The van der Waals surface area contributed by atoms with Crippen LogP contribution in [0.1, 0.15) is 36.6 Å². The lowest BCUT2D eigenvalue weighted by Gasteiger charge is -2.31. The Morgan fingerprint density at radius 3 is 3.00 bits per heavy atom. The Hall–Kier alpha value is -0.470. The normalized spacial score (nSPS) is 25.0. The maximum absolute atomic E-state index is 3.60. The highest BCUT2D eigenvalue weighted by Gasteiger charge is 2.25. The van der Waals surface area contributed by atoms with Crippen molar-refractivity contribution < 1.29 is 0 Å². The van der Waals surface area contributed by atoms with Gasteiger partial charge in [-0.25, -0.2) is 0 Å². The van der Waals surface area contributed by atoms with E-state index in [4.69, 9.17) is 0 Å². The Morgan fingerprint density at radius 1 is 1.47 bits per heavy atom. The van der Waals surface area contributed by atoms with Crippen molar-refractivity contribution in [2.75, 3.05) is 6.54 Å². The first-order valence-electron chi connectivity index (χ1n) is 5.66. The van der Waals surface area contributed by atoms with Crippen LogP contribution in [0.5, 0.6) is 0 Å². The van der Waals surface area contributed by atoms with Gasteiger partial charge in [0, 0.05) is 17.0 Å². The number of nitrogens with one attached hydrogen (secondary N) is 1. The van der Waals surface area contributed by atoms with Crippen molar-refractivity contribution in [1.82, 2.24) is 5.32 Å². The second kappa shape index (κ2) is 4.58. The molecule has 2 atom stereocenters. The Morgan fingerprint density at radius 2 is 2.27 bits per heavy atom. The molecule has 0 spiro atoms. The summed E-state index contributed by atoms with van der Waals surface area (Å²) in [4.78, 5) is 0. The molecule has 0 fully saturated rings. The Kier molecular flexibility index (Phi) is 3.37. The van der Waals surface area contributed by atoms with E-state index in [2.05, 4.69) is 56.0 Å². The fourth-order valence-corrected chi connectivity index (χ4v) is 3.34. The van der Waals surface area contributed by atoms with Crippen LogP contribution >= 0.6 is 11.8 Å². The van der Waals surface area contributed by atoms with Crippen LogP contribution in [0.25, 0.3) is 0 Å². The van der Waals surface area contributed by atoms with Gasteiger partial charge < -0.3 is 5.32 Å². The molecule has 1 heterocycles. The number of rotatable bonds is 2. The third-order valence-corrected chi connectivity index (χ3v) is 4.31. The zero-order chi connectivity index (χ0) is 10.8. The smallest absolute Gasteiger partial charge is 0.0441 e. The highest BCUT2D eigenvalue weighted by molar-refractivity contribution is 7.99. The number of hydrogen-bond acceptors (Lipinski definition) is 2. The van der Waals surface area contributed by atoms with Gasteiger partial charge in [-0.15, -0.1) is 0 Å². The van der Waals surface area contributed by atoms with Crippen LogP contribution in [-0.4, -0.2) is 11.8 Å². The molecule has 0 aliphatic carbocycles. The SMILES string of the molecule is CCNC1c2cc(C)ccc2CSC1C. The van der Waals surface area contributed by atoms with Gasteiger partial charge in [-0.2, -0.15) is 11.8 Å². The summed E-state index contributed by atoms with van der Waals surface area (Å²) < 4.78 is 0.